The smallest absolute Gasteiger partial charge is 0.0297 e. The topological polar surface area (TPSA) is 29.3 Å². The van der Waals surface area contributed by atoms with Gasteiger partial charge in [0.05, 0.1) is 0 Å². The molecule has 0 unspecified atom stereocenters. The van der Waals surface area contributed by atoms with Crippen LogP contribution in [0.1, 0.15) is 13.8 Å². The SMILES string of the molecule is C[C](C)CN1CC(N)C1. The van der Waals surface area contributed by atoms with Crippen molar-refractivity contribution in [2.45, 2.75) is 19.9 Å². The summed E-state index contributed by atoms with van der Waals surface area (Å²) in [6, 6.07) is 0.448. The molecule has 0 bridgehead atoms. The lowest BCUT2D eigenvalue weighted by Crippen LogP contribution is -2.56. The minimum absolute atomic E-state index is 0.448. The van der Waals surface area contributed by atoms with E-state index in [1.807, 2.05) is 0 Å². The largest absolute Gasteiger partial charge is 0.325 e. The molecule has 1 saturated heterocycles. The number of nitrogens with two attached hydrogens (primary N) is 1. The van der Waals surface area contributed by atoms with Crippen molar-refractivity contribution >= 4 is 0 Å². The van der Waals surface area contributed by atoms with Crippen LogP contribution in [-0.2, 0) is 0 Å². The fourth-order valence-corrected chi connectivity index (χ4v) is 1.19. The molecular weight excluding hydrogens is 112 g/mol. The van der Waals surface area contributed by atoms with E-state index in [0.717, 1.165) is 19.6 Å². The van der Waals surface area contributed by atoms with Gasteiger partial charge in [0, 0.05) is 25.7 Å². The summed E-state index contributed by atoms with van der Waals surface area (Å²) in [5, 5.41) is 0. The predicted octanol–water partition coefficient (Wildman–Crippen LogP) is 0.244. The van der Waals surface area contributed by atoms with Crippen LogP contribution in [0, 0.1) is 5.92 Å². The van der Waals surface area contributed by atoms with Crippen molar-refractivity contribution < 1.29 is 0 Å². The Hall–Kier alpha value is -0.0800. The molecule has 53 valence electrons. The van der Waals surface area contributed by atoms with E-state index in [-0.39, 0.29) is 0 Å². The number of hydrogen-bond acceptors (Lipinski definition) is 2. The second kappa shape index (κ2) is 2.67. The average Bonchev–Trinajstić information content (AvgIpc) is 1.60. The van der Waals surface area contributed by atoms with Gasteiger partial charge in [-0.25, -0.2) is 0 Å². The van der Waals surface area contributed by atoms with Gasteiger partial charge in [-0.3, -0.25) is 4.90 Å². The molecule has 0 aromatic heterocycles. The quantitative estimate of drug-likeness (QED) is 0.576. The molecule has 1 rings (SSSR count). The molecule has 2 N–H and O–H groups in total. The summed E-state index contributed by atoms with van der Waals surface area (Å²) in [5.41, 5.74) is 5.59. The van der Waals surface area contributed by atoms with Crippen LogP contribution in [0.15, 0.2) is 0 Å². The van der Waals surface area contributed by atoms with Crippen molar-refractivity contribution in [1.82, 2.24) is 4.90 Å². The van der Waals surface area contributed by atoms with E-state index in [1.54, 1.807) is 0 Å². The predicted molar refractivity (Wildman–Crippen MR) is 39.0 cm³/mol. The molecule has 1 fully saturated rings. The van der Waals surface area contributed by atoms with Crippen LogP contribution in [0.4, 0.5) is 0 Å². The minimum atomic E-state index is 0.448. The Labute approximate surface area is 57.0 Å². The Balaban J connectivity index is 2.04. The summed E-state index contributed by atoms with van der Waals surface area (Å²) in [7, 11) is 0. The molecule has 0 aliphatic carbocycles. The Kier molecular flexibility index (Phi) is 2.09. The summed E-state index contributed by atoms with van der Waals surface area (Å²) in [4.78, 5) is 2.36. The van der Waals surface area contributed by atoms with Gasteiger partial charge < -0.3 is 5.73 Å². The molecule has 2 heteroatoms. The lowest BCUT2D eigenvalue weighted by atomic mass is 10.1. The number of likely N-dealkylation sites (tertiary alicyclic amines) is 1. The second-order valence-electron chi connectivity index (χ2n) is 3.16. The van der Waals surface area contributed by atoms with Crippen LogP contribution in [-0.4, -0.2) is 30.6 Å². The van der Waals surface area contributed by atoms with Gasteiger partial charge in [0.1, 0.15) is 0 Å². The molecule has 0 aromatic carbocycles. The minimum Gasteiger partial charge on any atom is -0.325 e. The van der Waals surface area contributed by atoms with E-state index in [2.05, 4.69) is 18.7 Å². The summed E-state index contributed by atoms with van der Waals surface area (Å²) in [6.07, 6.45) is 0. The first-order valence-electron chi connectivity index (χ1n) is 3.45. The van der Waals surface area contributed by atoms with E-state index in [1.165, 1.54) is 5.92 Å². The maximum atomic E-state index is 5.59. The van der Waals surface area contributed by atoms with E-state index < -0.39 is 0 Å². The van der Waals surface area contributed by atoms with Crippen molar-refractivity contribution in [2.75, 3.05) is 19.6 Å². The van der Waals surface area contributed by atoms with Crippen molar-refractivity contribution in [2.24, 2.45) is 5.73 Å². The van der Waals surface area contributed by atoms with Crippen molar-refractivity contribution in [3.63, 3.8) is 0 Å². The van der Waals surface area contributed by atoms with Crippen LogP contribution in [0.3, 0.4) is 0 Å². The monoisotopic (exact) mass is 127 g/mol. The van der Waals surface area contributed by atoms with Crippen LogP contribution < -0.4 is 5.73 Å². The van der Waals surface area contributed by atoms with Gasteiger partial charge >= 0.3 is 0 Å². The van der Waals surface area contributed by atoms with Crippen molar-refractivity contribution in [3.05, 3.63) is 5.92 Å². The zero-order valence-corrected chi connectivity index (χ0v) is 6.22. The highest BCUT2D eigenvalue weighted by Crippen LogP contribution is 2.08. The van der Waals surface area contributed by atoms with E-state index >= 15 is 0 Å². The Morgan fingerprint density at radius 1 is 1.56 bits per heavy atom. The zero-order chi connectivity index (χ0) is 6.85. The lowest BCUT2D eigenvalue weighted by Gasteiger charge is -2.37. The third-order valence-corrected chi connectivity index (χ3v) is 1.53. The summed E-state index contributed by atoms with van der Waals surface area (Å²) in [6.45, 7) is 7.62. The molecule has 1 radical (unpaired) electrons. The molecule has 9 heavy (non-hydrogen) atoms. The zero-order valence-electron chi connectivity index (χ0n) is 6.22. The average molecular weight is 127 g/mol. The normalized spacial score (nSPS) is 22.7. The van der Waals surface area contributed by atoms with Gasteiger partial charge in [-0.2, -0.15) is 0 Å². The maximum Gasteiger partial charge on any atom is 0.0297 e. The third kappa shape index (κ3) is 1.95. The summed E-state index contributed by atoms with van der Waals surface area (Å²) < 4.78 is 0. The molecule has 0 aromatic rings. The lowest BCUT2D eigenvalue weighted by molar-refractivity contribution is 0.158. The number of rotatable bonds is 2. The highest BCUT2D eigenvalue weighted by atomic mass is 15.2. The van der Waals surface area contributed by atoms with Gasteiger partial charge in [0.2, 0.25) is 0 Å². The van der Waals surface area contributed by atoms with E-state index in [0.29, 0.717) is 6.04 Å². The summed E-state index contributed by atoms with van der Waals surface area (Å²) in [5.74, 6) is 1.47. The van der Waals surface area contributed by atoms with Gasteiger partial charge in [0.15, 0.2) is 0 Å². The Morgan fingerprint density at radius 3 is 2.44 bits per heavy atom. The number of nitrogens with zero attached hydrogens (tertiary/aromatic N) is 1. The third-order valence-electron chi connectivity index (χ3n) is 1.53. The Morgan fingerprint density at radius 2 is 2.11 bits per heavy atom. The molecule has 1 aliphatic heterocycles. The highest BCUT2D eigenvalue weighted by Gasteiger charge is 2.22. The maximum absolute atomic E-state index is 5.59. The molecular formula is C7H15N2. The van der Waals surface area contributed by atoms with E-state index in [4.69, 9.17) is 5.73 Å². The molecule has 0 saturated carbocycles. The molecule has 0 spiro atoms. The molecule has 1 heterocycles. The van der Waals surface area contributed by atoms with Crippen LogP contribution in [0.5, 0.6) is 0 Å². The molecule has 0 amide bonds. The second-order valence-corrected chi connectivity index (χ2v) is 3.16. The van der Waals surface area contributed by atoms with E-state index in [9.17, 15) is 0 Å². The van der Waals surface area contributed by atoms with Gasteiger partial charge in [0.25, 0.3) is 0 Å². The van der Waals surface area contributed by atoms with Gasteiger partial charge in [-0.05, 0) is 5.92 Å². The van der Waals surface area contributed by atoms with Crippen LogP contribution >= 0.6 is 0 Å². The van der Waals surface area contributed by atoms with Crippen molar-refractivity contribution in [1.29, 1.82) is 0 Å². The first kappa shape index (κ1) is 7.03. The Bertz CT molecular complexity index is 84.9. The summed E-state index contributed by atoms with van der Waals surface area (Å²) >= 11 is 0. The van der Waals surface area contributed by atoms with Gasteiger partial charge in [-0.15, -0.1) is 0 Å². The van der Waals surface area contributed by atoms with Crippen LogP contribution in [0.2, 0.25) is 0 Å². The fourth-order valence-electron chi connectivity index (χ4n) is 1.19. The molecule has 2 nitrogen and oxygen atoms in total. The van der Waals surface area contributed by atoms with Gasteiger partial charge in [-0.1, -0.05) is 13.8 Å². The fraction of sp³-hybridized carbons (Fsp3) is 0.857. The van der Waals surface area contributed by atoms with Crippen molar-refractivity contribution in [3.8, 4) is 0 Å². The first-order valence-corrected chi connectivity index (χ1v) is 3.45. The highest BCUT2D eigenvalue weighted by molar-refractivity contribution is 4.90. The number of hydrogen-bond donors (Lipinski definition) is 1. The first-order chi connectivity index (χ1) is 4.18. The molecule has 0 atom stereocenters. The molecule has 1 aliphatic rings. The standard InChI is InChI=1S/C7H15N2/c1-6(2)3-9-4-7(8)5-9/h7H,3-5,8H2,1-2H3. The van der Waals surface area contributed by atoms with Crippen LogP contribution in [0.25, 0.3) is 0 Å².